The largest absolute Gasteiger partial charge is 0.489 e. The lowest BCUT2D eigenvalue weighted by Crippen LogP contribution is -2.52. The smallest absolute Gasteiger partial charge is 0.255 e. The first-order chi connectivity index (χ1) is 17.5. The average Bonchev–Trinajstić information content (AvgIpc) is 3.47. The van der Waals surface area contributed by atoms with E-state index in [2.05, 4.69) is 20.7 Å². The zero-order chi connectivity index (χ0) is 24.6. The standard InChI is InChI=1S/C26H28N6O4/c33-24-8-7-21(25(34)30-24)31-15-17-11-18(5-6-19(17)26(31)35)36-22-4-2-1-3-20(22)27-12-16-13-28-23-9-10-29-32(23)14-16/h5-6,9-11,13-14,20-22,27H,1-4,7-8,12,15H2,(H,30,33,34)/t20-,21?,22-/m1/s1. The normalized spacial score (nSPS) is 24.2. The molecule has 1 unspecified atom stereocenters. The molecule has 0 spiro atoms. The molecule has 6 rings (SSSR count). The summed E-state index contributed by atoms with van der Waals surface area (Å²) in [6.07, 6.45) is 10.4. The quantitative estimate of drug-likeness (QED) is 0.510. The van der Waals surface area contributed by atoms with Gasteiger partial charge in [0.2, 0.25) is 11.8 Å². The molecule has 1 saturated heterocycles. The fourth-order valence-corrected chi connectivity index (χ4v) is 5.46. The van der Waals surface area contributed by atoms with Gasteiger partial charge in [0.1, 0.15) is 17.9 Å². The molecule has 3 aromatic rings. The van der Waals surface area contributed by atoms with E-state index in [1.165, 1.54) is 0 Å². The van der Waals surface area contributed by atoms with Crippen molar-refractivity contribution < 1.29 is 19.1 Å². The van der Waals surface area contributed by atoms with Crippen LogP contribution in [0.4, 0.5) is 0 Å². The number of carbonyl (C=O) groups excluding carboxylic acids is 3. The van der Waals surface area contributed by atoms with Gasteiger partial charge in [0, 0.05) is 55.1 Å². The van der Waals surface area contributed by atoms with Gasteiger partial charge in [-0.05, 0) is 49.4 Å². The van der Waals surface area contributed by atoms with Crippen LogP contribution in [0.5, 0.6) is 5.75 Å². The maximum Gasteiger partial charge on any atom is 0.255 e. The second kappa shape index (κ2) is 9.34. The highest BCUT2D eigenvalue weighted by Crippen LogP contribution is 2.32. The minimum absolute atomic E-state index is 0.0153. The molecule has 2 N–H and O–H groups in total. The third kappa shape index (κ3) is 4.32. The van der Waals surface area contributed by atoms with Gasteiger partial charge in [0.15, 0.2) is 5.65 Å². The van der Waals surface area contributed by atoms with E-state index in [-0.39, 0.29) is 30.4 Å². The average molecular weight is 489 g/mol. The Morgan fingerprint density at radius 2 is 2.00 bits per heavy atom. The molecule has 1 aromatic carbocycles. The van der Waals surface area contributed by atoms with E-state index in [0.717, 1.165) is 48.2 Å². The van der Waals surface area contributed by atoms with E-state index in [0.29, 0.717) is 25.1 Å². The van der Waals surface area contributed by atoms with Crippen LogP contribution in [0.15, 0.2) is 42.9 Å². The Labute approximate surface area is 208 Å². The second-order valence-corrected chi connectivity index (χ2v) is 9.74. The second-order valence-electron chi connectivity index (χ2n) is 9.74. The molecule has 186 valence electrons. The van der Waals surface area contributed by atoms with Gasteiger partial charge in [-0.3, -0.25) is 19.7 Å². The first-order valence-corrected chi connectivity index (χ1v) is 12.5. The predicted octanol–water partition coefficient (Wildman–Crippen LogP) is 1.97. The molecule has 1 saturated carbocycles. The van der Waals surface area contributed by atoms with Gasteiger partial charge in [-0.2, -0.15) is 5.10 Å². The highest BCUT2D eigenvalue weighted by atomic mass is 16.5. The SMILES string of the molecule is O=C1CCC(N2Cc3cc(O[C@@H]4CCCC[C@H]4NCc4cnc5ccnn5c4)ccc3C2=O)C(=O)N1. The molecule has 0 radical (unpaired) electrons. The van der Waals surface area contributed by atoms with Crippen LogP contribution in [0.3, 0.4) is 0 Å². The predicted molar refractivity (Wildman–Crippen MR) is 129 cm³/mol. The minimum Gasteiger partial charge on any atom is -0.489 e. The van der Waals surface area contributed by atoms with Crippen LogP contribution in [0.1, 0.15) is 60.0 Å². The van der Waals surface area contributed by atoms with E-state index in [1.807, 2.05) is 30.6 Å². The molecule has 2 aliphatic heterocycles. The Morgan fingerprint density at radius 3 is 2.89 bits per heavy atom. The summed E-state index contributed by atoms with van der Waals surface area (Å²) in [7, 11) is 0. The van der Waals surface area contributed by atoms with Crippen molar-refractivity contribution in [3.8, 4) is 5.75 Å². The van der Waals surface area contributed by atoms with Crippen LogP contribution in [0.25, 0.3) is 5.65 Å². The lowest BCUT2D eigenvalue weighted by molar-refractivity contribution is -0.136. The maximum absolute atomic E-state index is 13.0. The Morgan fingerprint density at radius 1 is 1.11 bits per heavy atom. The third-order valence-corrected chi connectivity index (χ3v) is 7.35. The molecule has 4 heterocycles. The van der Waals surface area contributed by atoms with E-state index in [9.17, 15) is 14.4 Å². The molecule has 10 nitrogen and oxygen atoms in total. The molecule has 10 heteroatoms. The molecule has 1 aliphatic carbocycles. The van der Waals surface area contributed by atoms with Crippen molar-refractivity contribution in [2.75, 3.05) is 0 Å². The number of rotatable bonds is 6. The Balaban J connectivity index is 1.12. The van der Waals surface area contributed by atoms with Gasteiger partial charge in [-0.1, -0.05) is 6.42 Å². The van der Waals surface area contributed by atoms with Crippen molar-refractivity contribution in [1.29, 1.82) is 0 Å². The number of ether oxygens (including phenoxy) is 1. The van der Waals surface area contributed by atoms with Crippen LogP contribution in [-0.4, -0.2) is 55.4 Å². The number of carbonyl (C=O) groups is 3. The number of amides is 3. The van der Waals surface area contributed by atoms with Gasteiger partial charge in [-0.25, -0.2) is 9.50 Å². The summed E-state index contributed by atoms with van der Waals surface area (Å²) in [4.78, 5) is 42.8. The minimum atomic E-state index is -0.616. The lowest BCUT2D eigenvalue weighted by atomic mass is 9.92. The Bertz CT molecular complexity index is 1340. The van der Waals surface area contributed by atoms with E-state index < -0.39 is 11.9 Å². The Hall–Kier alpha value is -3.79. The zero-order valence-electron chi connectivity index (χ0n) is 19.9. The molecule has 3 aliphatic rings. The fourth-order valence-electron chi connectivity index (χ4n) is 5.46. The topological polar surface area (TPSA) is 118 Å². The van der Waals surface area contributed by atoms with Crippen molar-refractivity contribution in [3.63, 3.8) is 0 Å². The fraction of sp³-hybridized carbons (Fsp3) is 0.423. The first-order valence-electron chi connectivity index (χ1n) is 12.5. The van der Waals surface area contributed by atoms with Crippen molar-refractivity contribution in [3.05, 3.63) is 59.5 Å². The molecule has 0 bridgehead atoms. The van der Waals surface area contributed by atoms with Crippen molar-refractivity contribution in [2.45, 2.75) is 69.8 Å². The van der Waals surface area contributed by atoms with Crippen LogP contribution in [-0.2, 0) is 22.7 Å². The van der Waals surface area contributed by atoms with E-state index in [4.69, 9.17) is 4.74 Å². The number of nitrogens with zero attached hydrogens (tertiary/aromatic N) is 4. The number of aromatic nitrogens is 3. The molecular weight excluding hydrogens is 460 g/mol. The summed E-state index contributed by atoms with van der Waals surface area (Å²) in [5.41, 5.74) is 3.32. The third-order valence-electron chi connectivity index (χ3n) is 7.35. The molecule has 36 heavy (non-hydrogen) atoms. The number of hydrogen-bond acceptors (Lipinski definition) is 7. The van der Waals surface area contributed by atoms with Gasteiger partial charge in [0.05, 0.1) is 6.20 Å². The van der Waals surface area contributed by atoms with Crippen LogP contribution in [0, 0.1) is 0 Å². The van der Waals surface area contributed by atoms with Crippen LogP contribution < -0.4 is 15.4 Å². The van der Waals surface area contributed by atoms with Gasteiger partial charge >= 0.3 is 0 Å². The number of hydrogen-bond donors (Lipinski definition) is 2. The molecule has 3 atom stereocenters. The molecule has 2 aromatic heterocycles. The summed E-state index contributed by atoms with van der Waals surface area (Å²) in [5.74, 6) is -0.136. The number of benzene rings is 1. The highest BCUT2D eigenvalue weighted by molar-refractivity contribution is 6.05. The van der Waals surface area contributed by atoms with E-state index in [1.54, 1.807) is 21.7 Å². The molecular formula is C26H28N6O4. The van der Waals surface area contributed by atoms with Gasteiger partial charge < -0.3 is 15.0 Å². The number of piperidine rings is 1. The van der Waals surface area contributed by atoms with Crippen molar-refractivity contribution in [2.24, 2.45) is 0 Å². The van der Waals surface area contributed by atoms with Crippen molar-refractivity contribution >= 4 is 23.4 Å². The zero-order valence-corrected chi connectivity index (χ0v) is 19.9. The number of fused-ring (bicyclic) bond motifs is 2. The summed E-state index contributed by atoms with van der Waals surface area (Å²) in [6, 6.07) is 6.99. The first kappa shape index (κ1) is 22.7. The lowest BCUT2D eigenvalue weighted by Gasteiger charge is -2.32. The van der Waals surface area contributed by atoms with Gasteiger partial charge in [0.25, 0.3) is 5.91 Å². The Kier molecular flexibility index (Phi) is 5.88. The summed E-state index contributed by atoms with van der Waals surface area (Å²) < 4.78 is 8.21. The monoisotopic (exact) mass is 488 g/mol. The van der Waals surface area contributed by atoms with E-state index >= 15 is 0 Å². The molecule has 3 amide bonds. The number of imide groups is 1. The highest BCUT2D eigenvalue weighted by Gasteiger charge is 2.39. The number of nitrogens with one attached hydrogen (secondary N) is 2. The van der Waals surface area contributed by atoms with Crippen LogP contribution >= 0.6 is 0 Å². The summed E-state index contributed by atoms with van der Waals surface area (Å²) >= 11 is 0. The van der Waals surface area contributed by atoms with Crippen LogP contribution in [0.2, 0.25) is 0 Å². The molecule has 2 fully saturated rings. The maximum atomic E-state index is 13.0. The van der Waals surface area contributed by atoms with Gasteiger partial charge in [-0.15, -0.1) is 0 Å². The summed E-state index contributed by atoms with van der Waals surface area (Å²) in [6.45, 7) is 1.01. The van der Waals surface area contributed by atoms with Crippen molar-refractivity contribution in [1.82, 2.24) is 30.1 Å². The summed E-state index contributed by atoms with van der Waals surface area (Å²) in [5, 5.41) is 10.2.